The Balaban J connectivity index is 1.47. The number of pyridine rings is 1. The van der Waals surface area contributed by atoms with Crippen LogP contribution in [0.2, 0.25) is 0 Å². The number of rotatable bonds is 4. The van der Waals surface area contributed by atoms with Crippen molar-refractivity contribution in [3.63, 3.8) is 0 Å². The number of aryl methyl sites for hydroxylation is 1. The molecule has 0 unspecified atom stereocenters. The first-order chi connectivity index (χ1) is 11.6. The van der Waals surface area contributed by atoms with Gasteiger partial charge in [-0.1, -0.05) is 5.16 Å². The van der Waals surface area contributed by atoms with Gasteiger partial charge in [0.1, 0.15) is 0 Å². The fourth-order valence-corrected chi connectivity index (χ4v) is 2.60. The summed E-state index contributed by atoms with van der Waals surface area (Å²) in [5.41, 5.74) is 1.54. The monoisotopic (exact) mass is 331 g/mol. The Morgan fingerprint density at radius 3 is 2.71 bits per heavy atom. The molecule has 0 aromatic carbocycles. The zero-order chi connectivity index (χ0) is 16.9. The largest absolute Gasteiger partial charge is 0.481 e. The topological polar surface area (TPSA) is 83.7 Å². The van der Waals surface area contributed by atoms with E-state index in [1.165, 1.54) is 0 Å². The Morgan fingerprint density at radius 1 is 1.33 bits per heavy atom. The number of aromatic nitrogens is 2. The highest BCUT2D eigenvalue weighted by Crippen LogP contribution is 2.13. The van der Waals surface area contributed by atoms with E-state index in [9.17, 15) is 4.79 Å². The second-order valence-electron chi connectivity index (χ2n) is 5.72. The van der Waals surface area contributed by atoms with Crippen molar-refractivity contribution in [2.75, 3.05) is 38.6 Å². The van der Waals surface area contributed by atoms with Crippen LogP contribution < -0.4 is 10.1 Å². The van der Waals surface area contributed by atoms with Crippen LogP contribution in [0.4, 0.5) is 10.5 Å². The van der Waals surface area contributed by atoms with E-state index >= 15 is 0 Å². The number of urea groups is 1. The van der Waals surface area contributed by atoms with Crippen LogP contribution in [-0.4, -0.2) is 59.3 Å². The highest BCUT2D eigenvalue weighted by Gasteiger charge is 2.22. The number of piperazine rings is 1. The summed E-state index contributed by atoms with van der Waals surface area (Å²) < 4.78 is 10.2. The third-order valence-corrected chi connectivity index (χ3v) is 3.91. The van der Waals surface area contributed by atoms with Gasteiger partial charge in [0, 0.05) is 38.3 Å². The van der Waals surface area contributed by atoms with E-state index in [0.29, 0.717) is 24.7 Å². The quantitative estimate of drug-likeness (QED) is 0.919. The van der Waals surface area contributed by atoms with E-state index in [-0.39, 0.29) is 6.03 Å². The lowest BCUT2D eigenvalue weighted by Crippen LogP contribution is -2.49. The number of nitrogens with zero attached hydrogens (tertiary/aromatic N) is 4. The lowest BCUT2D eigenvalue weighted by Gasteiger charge is -2.34. The molecular formula is C16H21N5O3. The molecule has 1 aliphatic rings. The van der Waals surface area contributed by atoms with Gasteiger partial charge in [0.2, 0.25) is 5.88 Å². The number of carbonyl (C=O) groups excluding carboxylic acids is 1. The van der Waals surface area contributed by atoms with Gasteiger partial charge in [0.05, 0.1) is 31.2 Å². The van der Waals surface area contributed by atoms with Gasteiger partial charge in [-0.2, -0.15) is 0 Å². The summed E-state index contributed by atoms with van der Waals surface area (Å²) in [7, 11) is 1.56. The van der Waals surface area contributed by atoms with Gasteiger partial charge in [-0.25, -0.2) is 9.78 Å². The summed E-state index contributed by atoms with van der Waals surface area (Å²) in [5.74, 6) is 1.37. The van der Waals surface area contributed by atoms with Crippen molar-refractivity contribution in [1.82, 2.24) is 19.9 Å². The molecule has 0 radical (unpaired) electrons. The summed E-state index contributed by atoms with van der Waals surface area (Å²) in [6.45, 7) is 5.56. The lowest BCUT2D eigenvalue weighted by molar-refractivity contribution is 0.134. The first-order valence-corrected chi connectivity index (χ1v) is 7.84. The van der Waals surface area contributed by atoms with Crippen LogP contribution in [0.15, 0.2) is 28.9 Å². The van der Waals surface area contributed by atoms with Gasteiger partial charge in [0.15, 0.2) is 5.76 Å². The van der Waals surface area contributed by atoms with Gasteiger partial charge < -0.3 is 19.5 Å². The van der Waals surface area contributed by atoms with E-state index in [2.05, 4.69) is 20.4 Å². The van der Waals surface area contributed by atoms with Crippen LogP contribution in [0.3, 0.4) is 0 Å². The molecule has 1 aliphatic heterocycles. The Kier molecular flexibility index (Phi) is 4.95. The maximum Gasteiger partial charge on any atom is 0.321 e. The summed E-state index contributed by atoms with van der Waals surface area (Å²) in [5, 5.41) is 6.75. The third-order valence-electron chi connectivity index (χ3n) is 3.91. The van der Waals surface area contributed by atoms with Crippen LogP contribution in [0.25, 0.3) is 0 Å². The molecule has 3 heterocycles. The van der Waals surface area contributed by atoms with E-state index in [1.54, 1.807) is 30.3 Å². The average Bonchev–Trinajstić information content (AvgIpc) is 3.01. The normalized spacial score (nSPS) is 15.3. The molecule has 0 saturated carbocycles. The van der Waals surface area contributed by atoms with Gasteiger partial charge in [0.25, 0.3) is 0 Å². The minimum atomic E-state index is -0.114. The molecule has 1 fully saturated rings. The molecule has 8 nitrogen and oxygen atoms in total. The van der Waals surface area contributed by atoms with E-state index < -0.39 is 0 Å². The average molecular weight is 331 g/mol. The number of ether oxygens (including phenoxy) is 1. The molecule has 2 aromatic heterocycles. The molecular weight excluding hydrogens is 310 g/mol. The Bertz CT molecular complexity index is 677. The van der Waals surface area contributed by atoms with Crippen molar-refractivity contribution in [3.05, 3.63) is 35.9 Å². The van der Waals surface area contributed by atoms with Crippen molar-refractivity contribution in [2.45, 2.75) is 13.5 Å². The number of carbonyl (C=O) groups is 1. The summed E-state index contributed by atoms with van der Waals surface area (Å²) in [4.78, 5) is 20.4. The van der Waals surface area contributed by atoms with Crippen LogP contribution in [0.5, 0.6) is 5.88 Å². The number of methoxy groups -OCH3 is 1. The molecule has 128 valence electrons. The summed E-state index contributed by atoms with van der Waals surface area (Å²) >= 11 is 0. The first-order valence-electron chi connectivity index (χ1n) is 7.84. The zero-order valence-electron chi connectivity index (χ0n) is 13.9. The molecule has 2 aromatic rings. The van der Waals surface area contributed by atoms with Gasteiger partial charge in [-0.3, -0.25) is 4.90 Å². The number of hydrogen-bond donors (Lipinski definition) is 1. The fraction of sp³-hybridized carbons (Fsp3) is 0.438. The minimum Gasteiger partial charge on any atom is -0.481 e. The molecule has 1 saturated heterocycles. The Labute approximate surface area is 140 Å². The van der Waals surface area contributed by atoms with Crippen LogP contribution in [0, 0.1) is 6.92 Å². The first kappa shape index (κ1) is 16.3. The van der Waals surface area contributed by atoms with Gasteiger partial charge in [-0.05, 0) is 13.0 Å². The molecule has 3 rings (SSSR count). The second kappa shape index (κ2) is 7.31. The van der Waals surface area contributed by atoms with Crippen molar-refractivity contribution < 1.29 is 14.1 Å². The molecule has 0 spiro atoms. The van der Waals surface area contributed by atoms with E-state index in [4.69, 9.17) is 9.26 Å². The molecule has 0 atom stereocenters. The van der Waals surface area contributed by atoms with Crippen molar-refractivity contribution >= 4 is 11.7 Å². The highest BCUT2D eigenvalue weighted by molar-refractivity contribution is 5.89. The molecule has 0 bridgehead atoms. The standard InChI is InChI=1S/C16H21N5O3/c1-12-9-14(24-19-12)11-20-5-7-21(8-6-20)16(22)18-13-3-4-15(23-2)17-10-13/h3-4,9-10H,5-8,11H2,1-2H3,(H,18,22). The maximum atomic E-state index is 12.3. The maximum absolute atomic E-state index is 12.3. The zero-order valence-corrected chi connectivity index (χ0v) is 13.9. The predicted molar refractivity (Wildman–Crippen MR) is 87.9 cm³/mol. The third kappa shape index (κ3) is 4.02. The van der Waals surface area contributed by atoms with Crippen LogP contribution in [-0.2, 0) is 6.54 Å². The molecule has 8 heteroatoms. The smallest absolute Gasteiger partial charge is 0.321 e. The van der Waals surface area contributed by atoms with E-state index in [1.807, 2.05) is 13.0 Å². The fourth-order valence-electron chi connectivity index (χ4n) is 2.60. The van der Waals surface area contributed by atoms with E-state index in [0.717, 1.165) is 31.1 Å². The lowest BCUT2D eigenvalue weighted by atomic mass is 10.3. The van der Waals surface area contributed by atoms with Gasteiger partial charge in [-0.15, -0.1) is 0 Å². The number of anilines is 1. The molecule has 1 N–H and O–H groups in total. The number of hydrogen-bond acceptors (Lipinski definition) is 6. The summed E-state index contributed by atoms with van der Waals surface area (Å²) in [6, 6.07) is 5.31. The molecule has 2 amide bonds. The Morgan fingerprint density at radius 2 is 2.12 bits per heavy atom. The molecule has 0 aliphatic carbocycles. The van der Waals surface area contributed by atoms with Crippen molar-refractivity contribution in [2.24, 2.45) is 0 Å². The number of amides is 2. The van der Waals surface area contributed by atoms with Crippen LogP contribution >= 0.6 is 0 Å². The highest BCUT2D eigenvalue weighted by atomic mass is 16.5. The van der Waals surface area contributed by atoms with Crippen molar-refractivity contribution in [1.29, 1.82) is 0 Å². The second-order valence-corrected chi connectivity index (χ2v) is 5.72. The van der Waals surface area contributed by atoms with Crippen LogP contribution in [0.1, 0.15) is 11.5 Å². The number of nitrogens with one attached hydrogen (secondary N) is 1. The van der Waals surface area contributed by atoms with Crippen molar-refractivity contribution in [3.8, 4) is 5.88 Å². The SMILES string of the molecule is COc1ccc(NC(=O)N2CCN(Cc3cc(C)no3)CC2)cn1. The summed E-state index contributed by atoms with van der Waals surface area (Å²) in [6.07, 6.45) is 1.58. The predicted octanol–water partition coefficient (Wildman–Crippen LogP) is 1.74. The van der Waals surface area contributed by atoms with Gasteiger partial charge >= 0.3 is 6.03 Å². The minimum absolute atomic E-state index is 0.114. The molecule has 24 heavy (non-hydrogen) atoms. The Hall–Kier alpha value is -2.61.